The van der Waals surface area contributed by atoms with Crippen LogP contribution >= 0.6 is 0 Å². The summed E-state index contributed by atoms with van der Waals surface area (Å²) in [6, 6.07) is 13.8. The molecule has 124 valence electrons. The van der Waals surface area contributed by atoms with Gasteiger partial charge in [-0.25, -0.2) is 4.79 Å². The van der Waals surface area contributed by atoms with E-state index in [9.17, 15) is 9.59 Å². The fraction of sp³-hybridized carbons (Fsp3) is 0.158. The average Bonchev–Trinajstić information content (AvgIpc) is 2.62. The predicted molar refractivity (Wildman–Crippen MR) is 92.5 cm³/mol. The van der Waals surface area contributed by atoms with Gasteiger partial charge in [0.15, 0.2) is 5.78 Å². The molecule has 0 saturated heterocycles. The second-order valence-electron chi connectivity index (χ2n) is 4.87. The van der Waals surface area contributed by atoms with Crippen LogP contribution in [0.2, 0.25) is 0 Å². The lowest BCUT2D eigenvalue weighted by Crippen LogP contribution is -2.04. The Morgan fingerprint density at radius 2 is 1.83 bits per heavy atom. The maximum absolute atomic E-state index is 12.1. The molecule has 2 aromatic rings. The number of benzene rings is 2. The standard InChI is InChI=1S/C19H19NO4/c1-3-24-19(22)14-7-9-16(10-8-14)20-12-11-18(21)15-5-4-6-17(13-15)23-2/h4-13,20H,3H2,1-2H3/b12-11+. The zero-order valence-corrected chi connectivity index (χ0v) is 13.6. The van der Waals surface area contributed by atoms with Gasteiger partial charge in [0.05, 0.1) is 19.3 Å². The summed E-state index contributed by atoms with van der Waals surface area (Å²) in [6.45, 7) is 2.10. The Balaban J connectivity index is 1.95. The molecule has 0 aliphatic rings. The number of allylic oxidation sites excluding steroid dienone is 1. The van der Waals surface area contributed by atoms with Crippen molar-refractivity contribution in [3.63, 3.8) is 0 Å². The number of methoxy groups -OCH3 is 1. The number of hydrogen-bond donors (Lipinski definition) is 1. The topological polar surface area (TPSA) is 64.6 Å². The molecular weight excluding hydrogens is 306 g/mol. The van der Waals surface area contributed by atoms with Crippen LogP contribution in [0.3, 0.4) is 0 Å². The van der Waals surface area contributed by atoms with Gasteiger partial charge in [-0.15, -0.1) is 0 Å². The fourth-order valence-corrected chi connectivity index (χ4v) is 2.00. The quantitative estimate of drug-likeness (QED) is 0.478. The third kappa shape index (κ3) is 4.71. The van der Waals surface area contributed by atoms with Gasteiger partial charge in [0.1, 0.15) is 5.75 Å². The highest BCUT2D eigenvalue weighted by Crippen LogP contribution is 2.14. The van der Waals surface area contributed by atoms with Gasteiger partial charge in [-0.2, -0.15) is 0 Å². The van der Waals surface area contributed by atoms with Crippen LogP contribution in [-0.2, 0) is 4.74 Å². The van der Waals surface area contributed by atoms with Crippen molar-refractivity contribution in [2.24, 2.45) is 0 Å². The zero-order chi connectivity index (χ0) is 17.4. The number of carbonyl (C=O) groups is 2. The van der Waals surface area contributed by atoms with Crippen molar-refractivity contribution in [1.82, 2.24) is 0 Å². The molecule has 0 saturated carbocycles. The summed E-state index contributed by atoms with van der Waals surface area (Å²) in [5.41, 5.74) is 1.79. The Morgan fingerprint density at radius 3 is 2.50 bits per heavy atom. The second kappa shape index (κ2) is 8.53. The van der Waals surface area contributed by atoms with E-state index >= 15 is 0 Å². The summed E-state index contributed by atoms with van der Waals surface area (Å²) in [5.74, 6) is 0.147. The van der Waals surface area contributed by atoms with Crippen LogP contribution in [-0.4, -0.2) is 25.5 Å². The fourth-order valence-electron chi connectivity index (χ4n) is 2.00. The van der Waals surface area contributed by atoms with Gasteiger partial charge < -0.3 is 14.8 Å². The summed E-state index contributed by atoms with van der Waals surface area (Å²) >= 11 is 0. The lowest BCUT2D eigenvalue weighted by molar-refractivity contribution is 0.0526. The molecule has 1 N–H and O–H groups in total. The monoisotopic (exact) mass is 325 g/mol. The maximum atomic E-state index is 12.1. The Kier molecular flexibility index (Phi) is 6.14. The minimum absolute atomic E-state index is 0.135. The Bertz CT molecular complexity index is 735. The number of esters is 1. The Labute approximate surface area is 140 Å². The summed E-state index contributed by atoms with van der Waals surface area (Å²) < 4.78 is 10.0. The summed E-state index contributed by atoms with van der Waals surface area (Å²) in [4.78, 5) is 23.6. The highest BCUT2D eigenvalue weighted by atomic mass is 16.5. The molecule has 0 amide bonds. The number of ether oxygens (including phenoxy) is 2. The molecule has 0 heterocycles. The molecule has 2 aromatic carbocycles. The molecule has 0 aliphatic carbocycles. The molecule has 0 fully saturated rings. The van der Waals surface area contributed by atoms with Gasteiger partial charge in [-0.1, -0.05) is 12.1 Å². The number of hydrogen-bond acceptors (Lipinski definition) is 5. The minimum Gasteiger partial charge on any atom is -0.497 e. The molecule has 0 aliphatic heterocycles. The van der Waals surface area contributed by atoms with E-state index in [0.717, 1.165) is 5.69 Å². The highest BCUT2D eigenvalue weighted by molar-refractivity contribution is 6.04. The summed E-state index contributed by atoms with van der Waals surface area (Å²) in [7, 11) is 1.56. The number of nitrogens with one attached hydrogen (secondary N) is 1. The van der Waals surface area contributed by atoms with Crippen molar-refractivity contribution < 1.29 is 19.1 Å². The molecule has 0 radical (unpaired) electrons. The van der Waals surface area contributed by atoms with Gasteiger partial charge in [-0.3, -0.25) is 4.79 Å². The first-order chi connectivity index (χ1) is 11.6. The van der Waals surface area contributed by atoms with Crippen LogP contribution in [0.1, 0.15) is 27.6 Å². The van der Waals surface area contributed by atoms with Crippen LogP contribution in [0.4, 0.5) is 5.69 Å². The first kappa shape index (κ1) is 17.3. The van der Waals surface area contributed by atoms with E-state index < -0.39 is 0 Å². The number of carbonyl (C=O) groups excluding carboxylic acids is 2. The lowest BCUT2D eigenvalue weighted by atomic mass is 10.1. The number of ketones is 1. The van der Waals surface area contributed by atoms with Gasteiger partial charge in [-0.05, 0) is 43.3 Å². The molecule has 24 heavy (non-hydrogen) atoms. The first-order valence-electron chi connectivity index (χ1n) is 7.52. The Morgan fingerprint density at radius 1 is 1.08 bits per heavy atom. The van der Waals surface area contributed by atoms with Crippen molar-refractivity contribution in [3.8, 4) is 5.75 Å². The van der Waals surface area contributed by atoms with Gasteiger partial charge in [0.25, 0.3) is 0 Å². The normalized spacial score (nSPS) is 10.4. The van der Waals surface area contributed by atoms with Crippen molar-refractivity contribution in [1.29, 1.82) is 0 Å². The van der Waals surface area contributed by atoms with E-state index in [4.69, 9.17) is 9.47 Å². The van der Waals surface area contributed by atoms with E-state index in [-0.39, 0.29) is 11.8 Å². The molecular formula is C19H19NO4. The van der Waals surface area contributed by atoms with Crippen LogP contribution in [0.15, 0.2) is 60.8 Å². The third-order valence-corrected chi connectivity index (χ3v) is 3.23. The summed E-state index contributed by atoms with van der Waals surface area (Å²) in [6.07, 6.45) is 3.00. The van der Waals surface area contributed by atoms with E-state index in [1.54, 1.807) is 68.8 Å². The van der Waals surface area contributed by atoms with Crippen molar-refractivity contribution >= 4 is 17.4 Å². The zero-order valence-electron chi connectivity index (χ0n) is 13.6. The van der Waals surface area contributed by atoms with Gasteiger partial charge in [0, 0.05) is 23.5 Å². The molecule has 0 spiro atoms. The van der Waals surface area contributed by atoms with Crippen LogP contribution < -0.4 is 10.1 Å². The van der Waals surface area contributed by atoms with Crippen LogP contribution in [0, 0.1) is 0 Å². The first-order valence-corrected chi connectivity index (χ1v) is 7.52. The molecule has 5 heteroatoms. The molecule has 2 rings (SSSR count). The molecule has 5 nitrogen and oxygen atoms in total. The highest BCUT2D eigenvalue weighted by Gasteiger charge is 2.05. The summed E-state index contributed by atoms with van der Waals surface area (Å²) in [5, 5.41) is 2.99. The molecule has 0 unspecified atom stereocenters. The maximum Gasteiger partial charge on any atom is 0.338 e. The second-order valence-corrected chi connectivity index (χ2v) is 4.87. The average molecular weight is 325 g/mol. The van der Waals surface area contributed by atoms with Crippen LogP contribution in [0.5, 0.6) is 5.75 Å². The van der Waals surface area contributed by atoms with E-state index in [2.05, 4.69) is 5.32 Å². The Hall–Kier alpha value is -3.08. The lowest BCUT2D eigenvalue weighted by Gasteiger charge is -2.04. The van der Waals surface area contributed by atoms with Gasteiger partial charge >= 0.3 is 5.97 Å². The number of rotatable bonds is 7. The predicted octanol–water partition coefficient (Wildman–Crippen LogP) is 3.68. The minimum atomic E-state index is -0.354. The smallest absolute Gasteiger partial charge is 0.338 e. The van der Waals surface area contributed by atoms with E-state index in [0.29, 0.717) is 23.5 Å². The van der Waals surface area contributed by atoms with Crippen molar-refractivity contribution in [3.05, 3.63) is 71.9 Å². The van der Waals surface area contributed by atoms with Crippen molar-refractivity contribution in [2.45, 2.75) is 6.92 Å². The van der Waals surface area contributed by atoms with E-state index in [1.807, 2.05) is 0 Å². The SMILES string of the molecule is CCOC(=O)c1ccc(N/C=C/C(=O)c2cccc(OC)c2)cc1. The molecule has 0 bridgehead atoms. The number of anilines is 1. The van der Waals surface area contributed by atoms with Crippen LogP contribution in [0.25, 0.3) is 0 Å². The van der Waals surface area contributed by atoms with Crippen molar-refractivity contribution in [2.75, 3.05) is 19.0 Å². The molecule has 0 aromatic heterocycles. The third-order valence-electron chi connectivity index (χ3n) is 3.23. The largest absolute Gasteiger partial charge is 0.497 e. The molecule has 0 atom stereocenters. The van der Waals surface area contributed by atoms with E-state index in [1.165, 1.54) is 6.08 Å². The van der Waals surface area contributed by atoms with Gasteiger partial charge in [0.2, 0.25) is 0 Å².